The van der Waals surface area contributed by atoms with Crippen molar-refractivity contribution in [3.8, 4) is 0 Å². The Labute approximate surface area is 80.2 Å². The molecule has 0 bridgehead atoms. The predicted molar refractivity (Wildman–Crippen MR) is 52.5 cm³/mol. The van der Waals surface area contributed by atoms with E-state index in [1.165, 1.54) is 16.4 Å². The van der Waals surface area contributed by atoms with Crippen LogP contribution >= 0.6 is 11.5 Å². The van der Waals surface area contributed by atoms with Gasteiger partial charge < -0.3 is 5.73 Å². The molecule has 0 fully saturated rings. The molecule has 68 valence electrons. The van der Waals surface area contributed by atoms with E-state index in [2.05, 4.69) is 9.47 Å². The molecule has 0 aliphatic heterocycles. The zero-order chi connectivity index (χ0) is 9.10. The van der Waals surface area contributed by atoms with Gasteiger partial charge in [-0.2, -0.15) is 5.10 Å². The molecule has 2 N–H and O–H groups in total. The number of anilines is 1. The Morgan fingerprint density at radius 2 is 2.46 bits per heavy atom. The molecule has 0 amide bonds. The number of nitrogens with zero attached hydrogens (tertiary/aromatic N) is 3. The second-order valence-corrected chi connectivity index (χ2v) is 3.68. The number of nitrogens with two attached hydrogens (primary N) is 1. The molecule has 5 heteroatoms. The lowest BCUT2D eigenvalue weighted by Crippen LogP contribution is -2.00. The highest BCUT2D eigenvalue weighted by Crippen LogP contribution is 2.07. The maximum Gasteiger partial charge on any atom is 0.0719 e. The monoisotopic (exact) mass is 194 g/mol. The highest BCUT2D eigenvalue weighted by molar-refractivity contribution is 7.05. The number of hydrogen-bond donors (Lipinski definition) is 1. The minimum absolute atomic E-state index is 0.712. The molecular weight excluding hydrogens is 184 g/mol. The van der Waals surface area contributed by atoms with Crippen molar-refractivity contribution >= 4 is 17.2 Å². The molecule has 2 aromatic heterocycles. The van der Waals surface area contributed by atoms with E-state index in [1.807, 2.05) is 23.1 Å². The van der Waals surface area contributed by atoms with E-state index in [4.69, 9.17) is 5.73 Å². The van der Waals surface area contributed by atoms with Crippen LogP contribution < -0.4 is 5.73 Å². The normalized spacial score (nSPS) is 10.5. The van der Waals surface area contributed by atoms with Crippen LogP contribution in [0.2, 0.25) is 0 Å². The van der Waals surface area contributed by atoms with Gasteiger partial charge in [-0.25, -0.2) is 4.37 Å². The second-order valence-electron chi connectivity index (χ2n) is 2.77. The average Bonchev–Trinajstić information content (AvgIpc) is 2.71. The number of aromatic nitrogens is 3. The van der Waals surface area contributed by atoms with E-state index < -0.39 is 0 Å². The largest absolute Gasteiger partial charge is 0.396 e. The van der Waals surface area contributed by atoms with Gasteiger partial charge in [-0.1, -0.05) is 0 Å². The third-order valence-electron chi connectivity index (χ3n) is 1.73. The fourth-order valence-corrected chi connectivity index (χ4v) is 1.66. The number of nitrogen functional groups attached to an aromatic ring is 1. The first kappa shape index (κ1) is 8.25. The molecule has 2 aromatic rings. The lowest BCUT2D eigenvalue weighted by Gasteiger charge is -1.97. The third-order valence-corrected chi connectivity index (χ3v) is 2.53. The molecule has 0 unspecified atom stereocenters. The summed E-state index contributed by atoms with van der Waals surface area (Å²) in [6, 6.07) is 2.03. The first-order chi connectivity index (χ1) is 6.34. The summed E-state index contributed by atoms with van der Waals surface area (Å²) in [6.07, 6.45) is 6.27. The Morgan fingerprint density at radius 1 is 1.54 bits per heavy atom. The van der Waals surface area contributed by atoms with Crippen LogP contribution in [0.15, 0.2) is 24.7 Å². The van der Waals surface area contributed by atoms with Crippen molar-refractivity contribution in [2.45, 2.75) is 13.0 Å². The first-order valence-electron chi connectivity index (χ1n) is 4.02. The van der Waals surface area contributed by atoms with E-state index in [-0.39, 0.29) is 0 Å². The molecule has 13 heavy (non-hydrogen) atoms. The van der Waals surface area contributed by atoms with Crippen molar-refractivity contribution in [3.63, 3.8) is 0 Å². The Bertz CT molecular complexity index is 365. The van der Waals surface area contributed by atoms with Crippen LogP contribution in [0.3, 0.4) is 0 Å². The van der Waals surface area contributed by atoms with Crippen molar-refractivity contribution in [2.75, 3.05) is 5.73 Å². The Morgan fingerprint density at radius 3 is 3.08 bits per heavy atom. The molecule has 0 saturated heterocycles. The van der Waals surface area contributed by atoms with Crippen molar-refractivity contribution in [1.29, 1.82) is 0 Å². The first-order valence-corrected chi connectivity index (χ1v) is 4.79. The molecule has 2 heterocycles. The summed E-state index contributed by atoms with van der Waals surface area (Å²) >= 11 is 1.53. The molecule has 0 spiro atoms. The highest BCUT2D eigenvalue weighted by atomic mass is 32.1. The summed E-state index contributed by atoms with van der Waals surface area (Å²) in [7, 11) is 0. The molecule has 0 radical (unpaired) electrons. The average molecular weight is 194 g/mol. The maximum absolute atomic E-state index is 5.53. The third kappa shape index (κ3) is 2.06. The lowest BCUT2D eigenvalue weighted by molar-refractivity contribution is 0.619. The number of rotatable bonds is 3. The quantitative estimate of drug-likeness (QED) is 0.797. The molecule has 4 nitrogen and oxygen atoms in total. The Balaban J connectivity index is 1.93. The number of aryl methyl sites for hydroxylation is 2. The highest BCUT2D eigenvalue weighted by Gasteiger charge is 1.97. The van der Waals surface area contributed by atoms with Gasteiger partial charge in [0.15, 0.2) is 0 Å². The van der Waals surface area contributed by atoms with Crippen molar-refractivity contribution in [2.24, 2.45) is 0 Å². The molecule has 0 saturated carbocycles. The predicted octanol–water partition coefficient (Wildman–Crippen LogP) is 1.16. The molecular formula is C8H10N4S. The standard InChI is InChI=1S/C8H10N4S/c9-7-5-10-12(6-7)4-2-8-1-3-11-13-8/h1,3,5-6H,2,4,9H2. The molecule has 0 aliphatic carbocycles. The van der Waals surface area contributed by atoms with Crippen LogP contribution in [0.4, 0.5) is 5.69 Å². The minimum atomic E-state index is 0.712. The second kappa shape index (κ2) is 3.57. The van der Waals surface area contributed by atoms with Crippen molar-refractivity contribution < 1.29 is 0 Å². The SMILES string of the molecule is Nc1cnn(CCc2ccns2)c1. The van der Waals surface area contributed by atoms with Crippen LogP contribution in [0.1, 0.15) is 4.88 Å². The summed E-state index contributed by atoms with van der Waals surface area (Å²) < 4.78 is 5.87. The number of hydrogen-bond acceptors (Lipinski definition) is 4. The molecule has 0 aromatic carbocycles. The van der Waals surface area contributed by atoms with Crippen LogP contribution in [-0.4, -0.2) is 14.2 Å². The van der Waals surface area contributed by atoms with Crippen LogP contribution in [0.25, 0.3) is 0 Å². The van der Waals surface area contributed by atoms with Gasteiger partial charge >= 0.3 is 0 Å². The van der Waals surface area contributed by atoms with Gasteiger partial charge in [-0.15, -0.1) is 0 Å². The zero-order valence-electron chi connectivity index (χ0n) is 7.05. The summed E-state index contributed by atoms with van der Waals surface area (Å²) in [5, 5.41) is 4.09. The van der Waals surface area contributed by atoms with Crippen molar-refractivity contribution in [3.05, 3.63) is 29.5 Å². The summed E-state index contributed by atoms with van der Waals surface area (Å²) in [6.45, 7) is 0.861. The smallest absolute Gasteiger partial charge is 0.0719 e. The fraction of sp³-hybridized carbons (Fsp3) is 0.250. The minimum Gasteiger partial charge on any atom is -0.396 e. The van der Waals surface area contributed by atoms with Gasteiger partial charge in [0.2, 0.25) is 0 Å². The van der Waals surface area contributed by atoms with E-state index in [0.29, 0.717) is 5.69 Å². The summed E-state index contributed by atoms with van der Waals surface area (Å²) in [5.41, 5.74) is 6.25. The van der Waals surface area contributed by atoms with Crippen molar-refractivity contribution in [1.82, 2.24) is 14.2 Å². The van der Waals surface area contributed by atoms with Crippen LogP contribution in [-0.2, 0) is 13.0 Å². The summed E-state index contributed by atoms with van der Waals surface area (Å²) in [4.78, 5) is 1.27. The summed E-state index contributed by atoms with van der Waals surface area (Å²) in [5.74, 6) is 0. The van der Waals surface area contributed by atoms with Gasteiger partial charge in [0.05, 0.1) is 11.9 Å². The van der Waals surface area contributed by atoms with E-state index in [1.54, 1.807) is 6.20 Å². The van der Waals surface area contributed by atoms with Crippen LogP contribution in [0, 0.1) is 0 Å². The van der Waals surface area contributed by atoms with E-state index >= 15 is 0 Å². The van der Waals surface area contributed by atoms with Crippen LogP contribution in [0.5, 0.6) is 0 Å². The molecule has 0 atom stereocenters. The Kier molecular flexibility index (Phi) is 2.27. The molecule has 0 aliphatic rings. The van der Waals surface area contributed by atoms with E-state index in [9.17, 15) is 0 Å². The van der Waals surface area contributed by atoms with Gasteiger partial charge in [-0.3, -0.25) is 4.68 Å². The fourth-order valence-electron chi connectivity index (χ4n) is 1.10. The van der Waals surface area contributed by atoms with Gasteiger partial charge in [0.25, 0.3) is 0 Å². The van der Waals surface area contributed by atoms with E-state index in [0.717, 1.165) is 13.0 Å². The zero-order valence-corrected chi connectivity index (χ0v) is 7.87. The Hall–Kier alpha value is -1.36. The van der Waals surface area contributed by atoms with Gasteiger partial charge in [0, 0.05) is 30.2 Å². The van der Waals surface area contributed by atoms with Gasteiger partial charge in [-0.05, 0) is 17.6 Å². The lowest BCUT2D eigenvalue weighted by atomic mass is 10.3. The molecule has 2 rings (SSSR count). The maximum atomic E-state index is 5.53. The van der Waals surface area contributed by atoms with Gasteiger partial charge in [0.1, 0.15) is 0 Å². The topological polar surface area (TPSA) is 56.7 Å².